The number of nitrogens with one attached hydrogen (secondary N) is 1. The zero-order valence-electron chi connectivity index (χ0n) is 11.8. The summed E-state index contributed by atoms with van der Waals surface area (Å²) in [7, 11) is 0. The molecule has 0 bridgehead atoms. The van der Waals surface area contributed by atoms with Gasteiger partial charge < -0.3 is 5.32 Å². The van der Waals surface area contributed by atoms with Crippen molar-refractivity contribution in [1.29, 1.82) is 0 Å². The Labute approximate surface area is 102 Å². The lowest BCUT2D eigenvalue weighted by molar-refractivity contribution is 0.0866. The van der Waals surface area contributed by atoms with Gasteiger partial charge in [0.25, 0.3) is 0 Å². The van der Waals surface area contributed by atoms with Crippen LogP contribution in [0.5, 0.6) is 0 Å². The summed E-state index contributed by atoms with van der Waals surface area (Å²) in [6.45, 7) is 18.5. The summed E-state index contributed by atoms with van der Waals surface area (Å²) in [4.78, 5) is 2.53. The topological polar surface area (TPSA) is 15.3 Å². The maximum Gasteiger partial charge on any atom is 0.0431 e. The van der Waals surface area contributed by atoms with Gasteiger partial charge in [0.2, 0.25) is 0 Å². The van der Waals surface area contributed by atoms with Gasteiger partial charge in [-0.05, 0) is 39.4 Å². The van der Waals surface area contributed by atoms with Gasteiger partial charge in [0.05, 0.1) is 0 Å². The van der Waals surface area contributed by atoms with Gasteiger partial charge in [-0.2, -0.15) is 0 Å². The highest BCUT2D eigenvalue weighted by Gasteiger charge is 2.34. The molecule has 0 aromatic heterocycles. The number of rotatable bonds is 9. The molecular formula is C14H30N2. The van der Waals surface area contributed by atoms with Gasteiger partial charge in [0.15, 0.2) is 0 Å². The molecule has 0 rings (SSSR count). The molecule has 2 nitrogen and oxygen atoms in total. The molecule has 0 spiro atoms. The van der Waals surface area contributed by atoms with Crippen molar-refractivity contribution in [3.05, 3.63) is 12.7 Å². The van der Waals surface area contributed by atoms with E-state index >= 15 is 0 Å². The lowest BCUT2D eigenvalue weighted by atomic mass is 9.87. The van der Waals surface area contributed by atoms with Crippen molar-refractivity contribution in [2.75, 3.05) is 19.6 Å². The molecule has 0 heterocycles. The van der Waals surface area contributed by atoms with Crippen LogP contribution in [0.25, 0.3) is 0 Å². The highest BCUT2D eigenvalue weighted by Crippen LogP contribution is 2.24. The lowest BCUT2D eigenvalue weighted by Crippen LogP contribution is -2.58. The fourth-order valence-corrected chi connectivity index (χ4v) is 2.44. The maximum absolute atomic E-state index is 3.99. The Kier molecular flexibility index (Phi) is 7.69. The summed E-state index contributed by atoms with van der Waals surface area (Å²) in [5.74, 6) is 0. The predicted octanol–water partition coefficient (Wildman–Crippen LogP) is 3.05. The second kappa shape index (κ2) is 7.86. The van der Waals surface area contributed by atoms with Crippen LogP contribution >= 0.6 is 0 Å². The normalized spacial score (nSPS) is 17.1. The molecule has 0 aliphatic heterocycles. The van der Waals surface area contributed by atoms with Gasteiger partial charge in [-0.15, -0.1) is 6.58 Å². The Morgan fingerprint density at radius 3 is 2.12 bits per heavy atom. The quantitative estimate of drug-likeness (QED) is 0.608. The third kappa shape index (κ3) is 3.60. The zero-order valence-corrected chi connectivity index (χ0v) is 11.8. The summed E-state index contributed by atoms with van der Waals surface area (Å²) in [6.07, 6.45) is 4.38. The Morgan fingerprint density at radius 2 is 1.81 bits per heavy atom. The maximum atomic E-state index is 3.99. The van der Waals surface area contributed by atoms with Gasteiger partial charge in [-0.25, -0.2) is 0 Å². The molecule has 2 heteroatoms. The van der Waals surface area contributed by atoms with Crippen LogP contribution in [-0.2, 0) is 0 Å². The Morgan fingerprint density at radius 1 is 1.25 bits per heavy atom. The van der Waals surface area contributed by atoms with Crippen molar-refractivity contribution >= 4 is 0 Å². The van der Waals surface area contributed by atoms with Crippen molar-refractivity contribution in [1.82, 2.24) is 10.2 Å². The second-order valence-electron chi connectivity index (χ2n) is 4.55. The van der Waals surface area contributed by atoms with Crippen LogP contribution < -0.4 is 5.32 Å². The average molecular weight is 226 g/mol. The molecular weight excluding hydrogens is 196 g/mol. The van der Waals surface area contributed by atoms with Gasteiger partial charge >= 0.3 is 0 Å². The van der Waals surface area contributed by atoms with Crippen molar-refractivity contribution in [3.63, 3.8) is 0 Å². The second-order valence-corrected chi connectivity index (χ2v) is 4.55. The third-order valence-corrected chi connectivity index (χ3v) is 3.72. The van der Waals surface area contributed by atoms with Gasteiger partial charge in [-0.1, -0.05) is 33.8 Å². The van der Waals surface area contributed by atoms with E-state index in [9.17, 15) is 0 Å². The fourth-order valence-electron chi connectivity index (χ4n) is 2.44. The molecule has 0 amide bonds. The molecule has 16 heavy (non-hydrogen) atoms. The van der Waals surface area contributed by atoms with E-state index in [0.29, 0.717) is 6.04 Å². The number of hydrogen-bond acceptors (Lipinski definition) is 2. The van der Waals surface area contributed by atoms with E-state index in [-0.39, 0.29) is 5.54 Å². The highest BCUT2D eigenvalue weighted by molar-refractivity contribution is 5.04. The number of hydrogen-bond donors (Lipinski definition) is 1. The highest BCUT2D eigenvalue weighted by atomic mass is 15.2. The minimum Gasteiger partial charge on any atom is -0.309 e. The molecule has 0 aromatic rings. The van der Waals surface area contributed by atoms with E-state index in [0.717, 1.165) is 26.1 Å². The summed E-state index contributed by atoms with van der Waals surface area (Å²) in [5, 5.41) is 3.60. The first-order chi connectivity index (χ1) is 7.60. The van der Waals surface area contributed by atoms with E-state index in [1.807, 2.05) is 0 Å². The van der Waals surface area contributed by atoms with Crippen molar-refractivity contribution in [3.8, 4) is 0 Å². The van der Waals surface area contributed by atoms with E-state index in [2.05, 4.69) is 57.5 Å². The monoisotopic (exact) mass is 226 g/mol. The van der Waals surface area contributed by atoms with E-state index in [1.165, 1.54) is 6.42 Å². The molecule has 96 valence electrons. The minimum absolute atomic E-state index is 0.181. The first kappa shape index (κ1) is 15.7. The number of likely N-dealkylation sites (N-methyl/N-ethyl adjacent to an activating group) is 1. The zero-order chi connectivity index (χ0) is 12.6. The van der Waals surface area contributed by atoms with Crippen LogP contribution in [0.15, 0.2) is 12.7 Å². The molecule has 2 unspecified atom stereocenters. The molecule has 0 aromatic carbocycles. The van der Waals surface area contributed by atoms with Crippen LogP contribution in [0.3, 0.4) is 0 Å². The smallest absolute Gasteiger partial charge is 0.0431 e. The summed E-state index contributed by atoms with van der Waals surface area (Å²) >= 11 is 0. The molecule has 0 saturated carbocycles. The fraction of sp³-hybridized carbons (Fsp3) is 0.857. The molecule has 0 saturated heterocycles. The van der Waals surface area contributed by atoms with Crippen molar-refractivity contribution in [2.45, 2.75) is 59.0 Å². The van der Waals surface area contributed by atoms with Crippen LogP contribution in [-0.4, -0.2) is 36.1 Å². The molecule has 2 atom stereocenters. The first-order valence-electron chi connectivity index (χ1n) is 6.71. The summed E-state index contributed by atoms with van der Waals surface area (Å²) in [5.41, 5.74) is 0.181. The number of nitrogens with zero attached hydrogens (tertiary/aromatic N) is 1. The Bertz CT molecular complexity index is 187. The van der Waals surface area contributed by atoms with Crippen LogP contribution in [0, 0.1) is 0 Å². The van der Waals surface area contributed by atoms with Gasteiger partial charge in [-0.3, -0.25) is 4.90 Å². The molecule has 0 aliphatic rings. The SMILES string of the molecule is C=CC(NCCC)C(C)(CC)N(CC)CC. The van der Waals surface area contributed by atoms with E-state index in [1.54, 1.807) is 0 Å². The largest absolute Gasteiger partial charge is 0.309 e. The predicted molar refractivity (Wildman–Crippen MR) is 73.9 cm³/mol. The van der Waals surface area contributed by atoms with E-state index in [4.69, 9.17) is 0 Å². The van der Waals surface area contributed by atoms with Crippen molar-refractivity contribution < 1.29 is 0 Å². The van der Waals surface area contributed by atoms with Gasteiger partial charge in [0.1, 0.15) is 0 Å². The standard InChI is InChI=1S/C14H30N2/c1-7-12-15-13(8-2)14(6,9-3)16(10-4)11-5/h8,13,15H,2,7,9-12H2,1,3-6H3. The molecule has 0 fully saturated rings. The first-order valence-corrected chi connectivity index (χ1v) is 6.71. The van der Waals surface area contributed by atoms with Crippen LogP contribution in [0.1, 0.15) is 47.5 Å². The molecule has 0 radical (unpaired) electrons. The molecule has 0 aliphatic carbocycles. The Hall–Kier alpha value is -0.340. The van der Waals surface area contributed by atoms with Gasteiger partial charge in [0, 0.05) is 11.6 Å². The van der Waals surface area contributed by atoms with Crippen LogP contribution in [0.4, 0.5) is 0 Å². The van der Waals surface area contributed by atoms with Crippen LogP contribution in [0.2, 0.25) is 0 Å². The Balaban J connectivity index is 4.78. The average Bonchev–Trinajstić information content (AvgIpc) is 2.31. The lowest BCUT2D eigenvalue weighted by Gasteiger charge is -2.45. The molecule has 1 N–H and O–H groups in total. The minimum atomic E-state index is 0.181. The summed E-state index contributed by atoms with van der Waals surface area (Å²) in [6, 6.07) is 0.373. The summed E-state index contributed by atoms with van der Waals surface area (Å²) < 4.78 is 0. The van der Waals surface area contributed by atoms with Crippen molar-refractivity contribution in [2.24, 2.45) is 0 Å². The third-order valence-electron chi connectivity index (χ3n) is 3.72. The van der Waals surface area contributed by atoms with E-state index < -0.39 is 0 Å².